The van der Waals surface area contributed by atoms with Crippen molar-refractivity contribution in [3.8, 4) is 0 Å². The largest absolute Gasteiger partial charge is 0.316 e. The van der Waals surface area contributed by atoms with Crippen molar-refractivity contribution >= 4 is 6.29 Å². The molecule has 0 spiro atoms. The van der Waals surface area contributed by atoms with Crippen molar-refractivity contribution in [1.29, 1.82) is 0 Å². The summed E-state index contributed by atoms with van der Waals surface area (Å²) in [5.74, 6) is 0. The first-order chi connectivity index (χ1) is 3.12. The van der Waals surface area contributed by atoms with E-state index in [9.17, 15) is 4.79 Å². The SMILES string of the molecule is CC(C)(C=O)NO. The van der Waals surface area contributed by atoms with Gasteiger partial charge in [0, 0.05) is 0 Å². The Morgan fingerprint density at radius 1 is 1.71 bits per heavy atom. The van der Waals surface area contributed by atoms with Gasteiger partial charge in [-0.25, -0.2) is 0 Å². The van der Waals surface area contributed by atoms with Gasteiger partial charge in [0.15, 0.2) is 0 Å². The van der Waals surface area contributed by atoms with Gasteiger partial charge >= 0.3 is 0 Å². The third-order valence-electron chi connectivity index (χ3n) is 0.583. The Kier molecular flexibility index (Phi) is 1.92. The van der Waals surface area contributed by atoms with Crippen LogP contribution < -0.4 is 5.48 Å². The minimum atomic E-state index is -0.792. The molecule has 0 aromatic heterocycles. The van der Waals surface area contributed by atoms with E-state index in [1.807, 2.05) is 5.48 Å². The van der Waals surface area contributed by atoms with E-state index in [1.54, 1.807) is 13.8 Å². The molecule has 0 radical (unpaired) electrons. The van der Waals surface area contributed by atoms with Gasteiger partial charge in [-0.2, -0.15) is 5.48 Å². The van der Waals surface area contributed by atoms with Crippen LogP contribution in [0.3, 0.4) is 0 Å². The Bertz CT molecular complexity index is 70.1. The number of hydroxylamine groups is 1. The molecule has 3 heteroatoms. The van der Waals surface area contributed by atoms with Gasteiger partial charge in [0.2, 0.25) is 0 Å². The van der Waals surface area contributed by atoms with E-state index in [0.717, 1.165) is 0 Å². The molecule has 0 rings (SSSR count). The molecular formula is C4H9NO2. The highest BCUT2D eigenvalue weighted by Gasteiger charge is 2.12. The quantitative estimate of drug-likeness (QED) is 0.380. The molecule has 0 heterocycles. The van der Waals surface area contributed by atoms with Gasteiger partial charge in [-0.1, -0.05) is 0 Å². The van der Waals surface area contributed by atoms with E-state index in [0.29, 0.717) is 6.29 Å². The molecule has 2 N–H and O–H groups in total. The molecule has 0 aliphatic rings. The Balaban J connectivity index is 3.58. The Labute approximate surface area is 42.3 Å². The van der Waals surface area contributed by atoms with E-state index in [-0.39, 0.29) is 0 Å². The molecule has 0 saturated heterocycles. The number of hydrogen-bond acceptors (Lipinski definition) is 3. The van der Waals surface area contributed by atoms with Crippen LogP contribution in [0.1, 0.15) is 13.8 Å². The van der Waals surface area contributed by atoms with E-state index >= 15 is 0 Å². The Hall–Kier alpha value is -0.410. The maximum Gasteiger partial charge on any atom is 0.141 e. The number of carbonyl (C=O) groups is 1. The van der Waals surface area contributed by atoms with E-state index < -0.39 is 5.54 Å². The van der Waals surface area contributed by atoms with E-state index in [1.165, 1.54) is 0 Å². The van der Waals surface area contributed by atoms with E-state index in [2.05, 4.69) is 0 Å². The lowest BCUT2D eigenvalue weighted by Gasteiger charge is -2.11. The van der Waals surface area contributed by atoms with Crippen LogP contribution in [0.25, 0.3) is 0 Å². The predicted octanol–water partition coefficient (Wildman–Crippen LogP) is -0.0573. The normalized spacial score (nSPS) is 11.3. The van der Waals surface area contributed by atoms with Gasteiger partial charge in [0.1, 0.15) is 6.29 Å². The van der Waals surface area contributed by atoms with Gasteiger partial charge < -0.3 is 10.0 Å². The van der Waals surface area contributed by atoms with Crippen molar-refractivity contribution in [2.75, 3.05) is 0 Å². The lowest BCUT2D eigenvalue weighted by Crippen LogP contribution is -2.37. The van der Waals surface area contributed by atoms with Crippen LogP contribution in [-0.2, 0) is 4.79 Å². The van der Waals surface area contributed by atoms with Crippen molar-refractivity contribution < 1.29 is 10.0 Å². The maximum absolute atomic E-state index is 9.84. The maximum atomic E-state index is 9.84. The summed E-state index contributed by atoms with van der Waals surface area (Å²) in [6, 6.07) is 0. The third-order valence-corrected chi connectivity index (χ3v) is 0.583. The highest BCUT2D eigenvalue weighted by molar-refractivity contribution is 5.62. The average molecular weight is 103 g/mol. The second kappa shape index (κ2) is 2.04. The summed E-state index contributed by atoms with van der Waals surface area (Å²) in [6.45, 7) is 3.14. The lowest BCUT2D eigenvalue weighted by molar-refractivity contribution is -0.115. The topological polar surface area (TPSA) is 49.3 Å². The zero-order valence-corrected chi connectivity index (χ0v) is 4.43. The molecule has 0 bridgehead atoms. The standard InChI is InChI=1S/C4H9NO2/c1-4(2,3-6)5-7/h3,5,7H,1-2H3. The fourth-order valence-electron chi connectivity index (χ4n) is 0.0264. The average Bonchev–Trinajstić information content (AvgIpc) is 1.68. The molecular weight excluding hydrogens is 94.0 g/mol. The third kappa shape index (κ3) is 2.31. The van der Waals surface area contributed by atoms with Crippen LogP contribution in [0.2, 0.25) is 0 Å². The first kappa shape index (κ1) is 6.59. The van der Waals surface area contributed by atoms with Crippen LogP contribution in [0.5, 0.6) is 0 Å². The first-order valence-corrected chi connectivity index (χ1v) is 2.00. The molecule has 0 unspecified atom stereocenters. The second-order valence-corrected chi connectivity index (χ2v) is 1.95. The number of rotatable bonds is 2. The summed E-state index contributed by atoms with van der Waals surface area (Å²) in [5.41, 5.74) is 1.03. The highest BCUT2D eigenvalue weighted by atomic mass is 16.5. The summed E-state index contributed by atoms with van der Waals surface area (Å²) in [7, 11) is 0. The number of hydrogen-bond donors (Lipinski definition) is 2. The lowest BCUT2D eigenvalue weighted by atomic mass is 10.1. The molecule has 0 aliphatic heterocycles. The summed E-state index contributed by atoms with van der Waals surface area (Å²) < 4.78 is 0. The number of nitrogens with one attached hydrogen (secondary N) is 1. The minimum Gasteiger partial charge on any atom is -0.316 e. The Morgan fingerprint density at radius 3 is 2.14 bits per heavy atom. The van der Waals surface area contributed by atoms with Crippen LogP contribution in [0.4, 0.5) is 0 Å². The van der Waals surface area contributed by atoms with Gasteiger partial charge in [-0.15, -0.1) is 0 Å². The minimum absolute atomic E-state index is 0.632. The predicted molar refractivity (Wildman–Crippen MR) is 25.1 cm³/mol. The van der Waals surface area contributed by atoms with Crippen LogP contribution in [0, 0.1) is 0 Å². The monoisotopic (exact) mass is 103 g/mol. The van der Waals surface area contributed by atoms with Gasteiger partial charge in [-0.3, -0.25) is 0 Å². The summed E-state index contributed by atoms with van der Waals surface area (Å²) in [5, 5.41) is 8.11. The van der Waals surface area contributed by atoms with Gasteiger partial charge in [0.25, 0.3) is 0 Å². The van der Waals surface area contributed by atoms with Gasteiger partial charge in [-0.05, 0) is 13.8 Å². The van der Waals surface area contributed by atoms with Crippen molar-refractivity contribution in [2.45, 2.75) is 19.4 Å². The highest BCUT2D eigenvalue weighted by Crippen LogP contribution is 1.91. The number of aldehydes is 1. The zero-order valence-electron chi connectivity index (χ0n) is 4.43. The van der Waals surface area contributed by atoms with Crippen molar-refractivity contribution in [1.82, 2.24) is 5.48 Å². The molecule has 0 fully saturated rings. The van der Waals surface area contributed by atoms with Crippen molar-refractivity contribution in [3.05, 3.63) is 0 Å². The molecule has 0 aliphatic carbocycles. The van der Waals surface area contributed by atoms with Crippen molar-refractivity contribution in [2.24, 2.45) is 0 Å². The van der Waals surface area contributed by atoms with E-state index in [4.69, 9.17) is 5.21 Å². The molecule has 7 heavy (non-hydrogen) atoms. The van der Waals surface area contributed by atoms with Crippen molar-refractivity contribution in [3.63, 3.8) is 0 Å². The fraction of sp³-hybridized carbons (Fsp3) is 0.750. The molecule has 0 atom stereocenters. The molecule has 3 nitrogen and oxygen atoms in total. The molecule has 42 valence electrons. The van der Waals surface area contributed by atoms with Crippen LogP contribution in [-0.4, -0.2) is 17.0 Å². The summed E-state index contributed by atoms with van der Waals surface area (Å²) in [6.07, 6.45) is 0.632. The number of carbonyl (C=O) groups excluding carboxylic acids is 1. The fourth-order valence-corrected chi connectivity index (χ4v) is 0.0264. The molecule has 0 aromatic rings. The van der Waals surface area contributed by atoms with Crippen LogP contribution >= 0.6 is 0 Å². The first-order valence-electron chi connectivity index (χ1n) is 2.00. The van der Waals surface area contributed by atoms with Crippen LogP contribution in [0.15, 0.2) is 0 Å². The zero-order chi connectivity index (χ0) is 5.91. The Morgan fingerprint density at radius 2 is 2.14 bits per heavy atom. The summed E-state index contributed by atoms with van der Waals surface area (Å²) in [4.78, 5) is 9.84. The second-order valence-electron chi connectivity index (χ2n) is 1.95. The summed E-state index contributed by atoms with van der Waals surface area (Å²) >= 11 is 0. The smallest absolute Gasteiger partial charge is 0.141 e. The molecule has 0 saturated carbocycles. The van der Waals surface area contributed by atoms with Gasteiger partial charge in [0.05, 0.1) is 5.54 Å². The molecule has 0 amide bonds. The molecule has 0 aromatic carbocycles.